The third kappa shape index (κ3) is 3.97. The lowest BCUT2D eigenvalue weighted by molar-refractivity contribution is -0.118. The molecule has 2 aliphatic rings. The van der Waals surface area contributed by atoms with Crippen molar-refractivity contribution in [3.63, 3.8) is 0 Å². The van der Waals surface area contributed by atoms with Crippen LogP contribution in [0.15, 0.2) is 12.1 Å². The Kier molecular flexibility index (Phi) is 5.05. The zero-order chi connectivity index (χ0) is 16.1. The Hall–Kier alpha value is -2.18. The maximum atomic E-state index is 12.2. The van der Waals surface area contributed by atoms with Gasteiger partial charge in [0.1, 0.15) is 0 Å². The van der Waals surface area contributed by atoms with E-state index in [4.69, 9.17) is 0 Å². The average Bonchev–Trinajstić information content (AvgIpc) is 2.63. The van der Waals surface area contributed by atoms with Crippen LogP contribution in [0.4, 0.5) is 5.82 Å². The molecule has 0 aromatic carbocycles. The van der Waals surface area contributed by atoms with Crippen molar-refractivity contribution in [3.05, 3.63) is 17.8 Å². The molecule has 0 spiro atoms. The van der Waals surface area contributed by atoms with E-state index in [1.165, 1.54) is 19.3 Å². The molecule has 2 fully saturated rings. The van der Waals surface area contributed by atoms with Crippen LogP contribution in [-0.4, -0.2) is 59.6 Å². The minimum absolute atomic E-state index is 0.137. The van der Waals surface area contributed by atoms with Gasteiger partial charge in [-0.05, 0) is 25.0 Å². The Morgan fingerprint density at radius 1 is 1.09 bits per heavy atom. The van der Waals surface area contributed by atoms with Crippen molar-refractivity contribution in [1.29, 1.82) is 0 Å². The molecule has 1 saturated carbocycles. The molecule has 7 nitrogen and oxygen atoms in total. The number of nitrogens with zero attached hydrogens (tertiary/aromatic N) is 4. The first-order chi connectivity index (χ1) is 11.3. The number of anilines is 1. The molecule has 0 bridgehead atoms. The van der Waals surface area contributed by atoms with Crippen molar-refractivity contribution < 1.29 is 9.59 Å². The molecule has 1 N–H and O–H groups in total. The molecule has 0 radical (unpaired) electrons. The topological polar surface area (TPSA) is 78.4 Å². The van der Waals surface area contributed by atoms with E-state index in [9.17, 15) is 9.59 Å². The Bertz CT molecular complexity index is 534. The first kappa shape index (κ1) is 15.7. The summed E-state index contributed by atoms with van der Waals surface area (Å²) in [7, 11) is 0. The van der Waals surface area contributed by atoms with Gasteiger partial charge in [0.25, 0.3) is 5.91 Å². The van der Waals surface area contributed by atoms with Crippen molar-refractivity contribution in [1.82, 2.24) is 20.4 Å². The Balaban J connectivity index is 1.56. The lowest BCUT2D eigenvalue weighted by Gasteiger charge is -2.32. The molecule has 3 rings (SSSR count). The first-order valence-corrected chi connectivity index (χ1v) is 8.35. The van der Waals surface area contributed by atoms with E-state index >= 15 is 0 Å². The highest BCUT2D eigenvalue weighted by molar-refractivity contribution is 5.92. The molecule has 23 heavy (non-hydrogen) atoms. The summed E-state index contributed by atoms with van der Waals surface area (Å²) in [6, 6.07) is 3.83. The van der Waals surface area contributed by atoms with Gasteiger partial charge in [-0.3, -0.25) is 9.59 Å². The van der Waals surface area contributed by atoms with Crippen molar-refractivity contribution in [2.24, 2.45) is 0 Å². The predicted octanol–water partition coefficient (Wildman–Crippen LogP) is 0.817. The number of rotatable bonds is 4. The van der Waals surface area contributed by atoms with Crippen molar-refractivity contribution in [3.8, 4) is 0 Å². The van der Waals surface area contributed by atoms with Gasteiger partial charge < -0.3 is 15.1 Å². The summed E-state index contributed by atoms with van der Waals surface area (Å²) in [5.74, 6) is 0.617. The van der Waals surface area contributed by atoms with Crippen LogP contribution in [-0.2, 0) is 4.79 Å². The van der Waals surface area contributed by atoms with Crippen LogP contribution in [0.1, 0.15) is 42.6 Å². The minimum Gasteiger partial charge on any atom is -0.352 e. The molecule has 0 unspecified atom stereocenters. The Labute approximate surface area is 136 Å². The highest BCUT2D eigenvalue weighted by atomic mass is 16.2. The summed E-state index contributed by atoms with van der Waals surface area (Å²) in [6.45, 7) is 2.85. The number of aromatic nitrogens is 2. The van der Waals surface area contributed by atoms with Crippen molar-refractivity contribution in [2.75, 3.05) is 31.1 Å². The van der Waals surface area contributed by atoms with Gasteiger partial charge in [0.2, 0.25) is 6.41 Å². The standard InChI is InChI=1S/C16H23N5O2/c22-12-20-8-10-21(11-9-20)15-7-6-14(18-19-15)16(23)17-13-4-2-1-3-5-13/h6-7,12-13H,1-5,8-11H2,(H,17,23). The van der Waals surface area contributed by atoms with Crippen LogP contribution < -0.4 is 10.2 Å². The SMILES string of the molecule is O=CN1CCN(c2ccc(C(=O)NC3CCCCC3)nn2)CC1. The van der Waals surface area contributed by atoms with Crippen molar-refractivity contribution >= 4 is 18.1 Å². The van der Waals surface area contributed by atoms with Crippen LogP contribution in [0.3, 0.4) is 0 Å². The smallest absolute Gasteiger partial charge is 0.272 e. The quantitative estimate of drug-likeness (QED) is 0.832. The van der Waals surface area contributed by atoms with Crippen molar-refractivity contribution in [2.45, 2.75) is 38.1 Å². The van der Waals surface area contributed by atoms with E-state index in [-0.39, 0.29) is 11.9 Å². The minimum atomic E-state index is -0.137. The summed E-state index contributed by atoms with van der Waals surface area (Å²) in [5.41, 5.74) is 0.367. The molecular weight excluding hydrogens is 294 g/mol. The van der Waals surface area contributed by atoms with Crippen LogP contribution in [0.5, 0.6) is 0 Å². The molecule has 2 heterocycles. The van der Waals surface area contributed by atoms with Gasteiger partial charge in [0.15, 0.2) is 11.5 Å². The van der Waals surface area contributed by atoms with Gasteiger partial charge in [-0.25, -0.2) is 0 Å². The van der Waals surface area contributed by atoms with E-state index < -0.39 is 0 Å². The molecule has 1 aromatic rings. The molecule has 124 valence electrons. The van der Waals surface area contributed by atoms with E-state index in [2.05, 4.69) is 20.4 Å². The average molecular weight is 317 g/mol. The van der Waals surface area contributed by atoms with Gasteiger partial charge in [-0.1, -0.05) is 19.3 Å². The van der Waals surface area contributed by atoms with E-state index in [1.54, 1.807) is 11.0 Å². The second kappa shape index (κ2) is 7.39. The van der Waals surface area contributed by atoms with Crippen LogP contribution >= 0.6 is 0 Å². The lowest BCUT2D eigenvalue weighted by atomic mass is 9.95. The fourth-order valence-corrected chi connectivity index (χ4v) is 3.18. The number of piperazine rings is 1. The first-order valence-electron chi connectivity index (χ1n) is 8.35. The number of carbonyl (C=O) groups excluding carboxylic acids is 2. The Morgan fingerprint density at radius 3 is 2.43 bits per heavy atom. The van der Waals surface area contributed by atoms with Gasteiger partial charge in [-0.2, -0.15) is 0 Å². The van der Waals surface area contributed by atoms with E-state index in [0.717, 1.165) is 38.2 Å². The third-order valence-corrected chi connectivity index (χ3v) is 4.61. The summed E-state index contributed by atoms with van der Waals surface area (Å²) in [5, 5.41) is 11.3. The predicted molar refractivity (Wildman–Crippen MR) is 86.2 cm³/mol. The number of hydrogen-bond donors (Lipinski definition) is 1. The van der Waals surface area contributed by atoms with Gasteiger partial charge in [0.05, 0.1) is 0 Å². The largest absolute Gasteiger partial charge is 0.352 e. The molecular formula is C16H23N5O2. The zero-order valence-electron chi connectivity index (χ0n) is 13.3. The molecule has 2 amide bonds. The van der Waals surface area contributed by atoms with Gasteiger partial charge in [-0.15, -0.1) is 10.2 Å². The maximum absolute atomic E-state index is 12.2. The maximum Gasteiger partial charge on any atom is 0.272 e. The lowest BCUT2D eigenvalue weighted by Crippen LogP contribution is -2.46. The fraction of sp³-hybridized carbons (Fsp3) is 0.625. The highest BCUT2D eigenvalue weighted by Gasteiger charge is 2.20. The second-order valence-electron chi connectivity index (χ2n) is 6.21. The van der Waals surface area contributed by atoms with Crippen LogP contribution in [0.2, 0.25) is 0 Å². The van der Waals surface area contributed by atoms with Gasteiger partial charge >= 0.3 is 0 Å². The highest BCUT2D eigenvalue weighted by Crippen LogP contribution is 2.18. The number of nitrogens with one attached hydrogen (secondary N) is 1. The summed E-state index contributed by atoms with van der Waals surface area (Å²) in [4.78, 5) is 26.8. The third-order valence-electron chi connectivity index (χ3n) is 4.61. The summed E-state index contributed by atoms with van der Waals surface area (Å²) in [6.07, 6.45) is 6.61. The van der Waals surface area contributed by atoms with Crippen LogP contribution in [0.25, 0.3) is 0 Å². The number of hydrogen-bond acceptors (Lipinski definition) is 5. The summed E-state index contributed by atoms with van der Waals surface area (Å²) < 4.78 is 0. The number of carbonyl (C=O) groups is 2. The summed E-state index contributed by atoms with van der Waals surface area (Å²) >= 11 is 0. The monoisotopic (exact) mass is 317 g/mol. The van der Waals surface area contributed by atoms with E-state index in [0.29, 0.717) is 18.8 Å². The zero-order valence-corrected chi connectivity index (χ0v) is 13.3. The van der Waals surface area contributed by atoms with Crippen LogP contribution in [0, 0.1) is 0 Å². The molecule has 1 aliphatic heterocycles. The molecule has 7 heteroatoms. The molecule has 1 aliphatic carbocycles. The molecule has 0 atom stereocenters. The normalized spacial score (nSPS) is 19.5. The number of amides is 2. The second-order valence-corrected chi connectivity index (χ2v) is 6.21. The molecule has 1 aromatic heterocycles. The van der Waals surface area contributed by atoms with Gasteiger partial charge in [0, 0.05) is 32.2 Å². The fourth-order valence-electron chi connectivity index (χ4n) is 3.18. The van der Waals surface area contributed by atoms with E-state index in [1.807, 2.05) is 6.07 Å². The Morgan fingerprint density at radius 2 is 1.83 bits per heavy atom. The molecule has 1 saturated heterocycles.